The second kappa shape index (κ2) is 5.36. The summed E-state index contributed by atoms with van der Waals surface area (Å²) in [6, 6.07) is 11.1. The molecule has 1 heterocycles. The van der Waals surface area contributed by atoms with E-state index in [2.05, 4.69) is 4.98 Å². The molecule has 114 valence electrons. The molecule has 0 saturated carbocycles. The van der Waals surface area contributed by atoms with Crippen molar-refractivity contribution in [3.8, 4) is 5.75 Å². The van der Waals surface area contributed by atoms with Gasteiger partial charge in [-0.3, -0.25) is 0 Å². The van der Waals surface area contributed by atoms with Crippen LogP contribution in [0, 0.1) is 5.82 Å². The van der Waals surface area contributed by atoms with Gasteiger partial charge in [-0.05, 0) is 30.3 Å². The molecule has 0 saturated heterocycles. The maximum absolute atomic E-state index is 13.6. The summed E-state index contributed by atoms with van der Waals surface area (Å²) in [6.07, 6.45) is -4.48. The fourth-order valence-electron chi connectivity index (χ4n) is 2.24. The first-order chi connectivity index (χ1) is 10.4. The molecule has 3 rings (SSSR count). The van der Waals surface area contributed by atoms with Crippen LogP contribution in [0.15, 0.2) is 48.5 Å². The van der Waals surface area contributed by atoms with E-state index in [-0.39, 0.29) is 12.4 Å². The lowest BCUT2D eigenvalue weighted by atomic mass is 10.2. The monoisotopic (exact) mass is 309 g/mol. The zero-order valence-corrected chi connectivity index (χ0v) is 11.2. The number of alkyl halides is 3. The molecule has 1 aromatic heterocycles. The van der Waals surface area contributed by atoms with E-state index in [0.29, 0.717) is 16.6 Å². The molecule has 2 nitrogen and oxygen atoms in total. The topological polar surface area (TPSA) is 25.0 Å². The van der Waals surface area contributed by atoms with Gasteiger partial charge in [0.1, 0.15) is 18.2 Å². The van der Waals surface area contributed by atoms with Gasteiger partial charge in [-0.25, -0.2) is 4.39 Å². The third-order valence-electron chi connectivity index (χ3n) is 3.24. The lowest BCUT2D eigenvalue weighted by Gasteiger charge is -2.13. The number of nitrogens with one attached hydrogen (secondary N) is 1. The summed E-state index contributed by atoms with van der Waals surface area (Å²) in [6.45, 7) is -0.110. The van der Waals surface area contributed by atoms with Gasteiger partial charge in [-0.2, -0.15) is 13.2 Å². The van der Waals surface area contributed by atoms with Crippen molar-refractivity contribution in [1.82, 2.24) is 4.98 Å². The number of benzene rings is 2. The van der Waals surface area contributed by atoms with E-state index in [9.17, 15) is 17.6 Å². The molecule has 0 atom stereocenters. The number of aromatic amines is 1. The number of para-hydroxylation sites is 1. The Morgan fingerprint density at radius 3 is 2.50 bits per heavy atom. The highest BCUT2D eigenvalue weighted by Gasteiger charge is 2.34. The predicted molar refractivity (Wildman–Crippen MR) is 74.0 cm³/mol. The Morgan fingerprint density at radius 1 is 1.00 bits per heavy atom. The zero-order chi connectivity index (χ0) is 15.7. The van der Waals surface area contributed by atoms with Crippen LogP contribution in [0.25, 0.3) is 10.9 Å². The fraction of sp³-hybridized carbons (Fsp3) is 0.125. The SMILES string of the molecule is Fc1cccc2[nH]c(COc3ccccc3C(F)(F)F)cc12. The second-order valence-electron chi connectivity index (χ2n) is 4.78. The summed E-state index contributed by atoms with van der Waals surface area (Å²) in [5, 5.41) is 0.380. The van der Waals surface area contributed by atoms with Gasteiger partial charge in [0, 0.05) is 10.9 Å². The number of fused-ring (bicyclic) bond motifs is 1. The summed E-state index contributed by atoms with van der Waals surface area (Å²) in [7, 11) is 0. The second-order valence-corrected chi connectivity index (χ2v) is 4.78. The third kappa shape index (κ3) is 2.77. The third-order valence-corrected chi connectivity index (χ3v) is 3.24. The first-order valence-electron chi connectivity index (χ1n) is 6.50. The van der Waals surface area contributed by atoms with E-state index in [0.717, 1.165) is 6.07 Å². The van der Waals surface area contributed by atoms with Crippen molar-refractivity contribution in [1.29, 1.82) is 0 Å². The molecule has 0 aliphatic carbocycles. The first kappa shape index (κ1) is 14.4. The standard InChI is InChI=1S/C16H11F4NO/c17-13-5-3-6-14-11(13)8-10(21-14)9-22-15-7-2-1-4-12(15)16(18,19)20/h1-8,21H,9H2. The summed E-state index contributed by atoms with van der Waals surface area (Å²) >= 11 is 0. The van der Waals surface area contributed by atoms with Gasteiger partial charge in [-0.15, -0.1) is 0 Å². The molecule has 0 unspecified atom stereocenters. The van der Waals surface area contributed by atoms with Crippen LogP contribution in [0.2, 0.25) is 0 Å². The van der Waals surface area contributed by atoms with Crippen molar-refractivity contribution < 1.29 is 22.3 Å². The molecule has 3 aromatic rings. The summed E-state index contributed by atoms with van der Waals surface area (Å²) in [5.74, 6) is -0.648. The summed E-state index contributed by atoms with van der Waals surface area (Å²) in [4.78, 5) is 2.92. The molecule has 0 bridgehead atoms. The molecule has 2 aromatic carbocycles. The Bertz CT molecular complexity index is 807. The molecule has 1 N–H and O–H groups in total. The van der Waals surface area contributed by atoms with Gasteiger partial charge in [-0.1, -0.05) is 18.2 Å². The van der Waals surface area contributed by atoms with E-state index in [4.69, 9.17) is 4.74 Å². The van der Waals surface area contributed by atoms with E-state index in [1.54, 1.807) is 12.1 Å². The first-order valence-corrected chi connectivity index (χ1v) is 6.50. The molecule has 0 spiro atoms. The Hall–Kier alpha value is -2.50. The molecule has 0 amide bonds. The van der Waals surface area contributed by atoms with Crippen molar-refractivity contribution in [2.45, 2.75) is 12.8 Å². The van der Waals surface area contributed by atoms with Gasteiger partial charge in [0.15, 0.2) is 0 Å². The molecule has 0 radical (unpaired) electrons. The van der Waals surface area contributed by atoms with Gasteiger partial charge in [0.05, 0.1) is 11.3 Å². The van der Waals surface area contributed by atoms with Crippen molar-refractivity contribution >= 4 is 10.9 Å². The van der Waals surface area contributed by atoms with E-state index >= 15 is 0 Å². The number of hydrogen-bond donors (Lipinski definition) is 1. The molecular formula is C16H11F4NO. The number of hydrogen-bond acceptors (Lipinski definition) is 1. The number of halogens is 4. The fourth-order valence-corrected chi connectivity index (χ4v) is 2.24. The van der Waals surface area contributed by atoms with Gasteiger partial charge in [0.25, 0.3) is 0 Å². The van der Waals surface area contributed by atoms with Crippen LogP contribution in [-0.4, -0.2) is 4.98 Å². The van der Waals surface area contributed by atoms with E-state index < -0.39 is 17.6 Å². The van der Waals surface area contributed by atoms with Crippen molar-refractivity contribution in [3.05, 3.63) is 65.6 Å². The van der Waals surface area contributed by atoms with Gasteiger partial charge in [0.2, 0.25) is 0 Å². The van der Waals surface area contributed by atoms with Crippen molar-refractivity contribution in [2.24, 2.45) is 0 Å². The van der Waals surface area contributed by atoms with E-state index in [1.807, 2.05) is 0 Å². The van der Waals surface area contributed by atoms with Crippen LogP contribution in [-0.2, 0) is 12.8 Å². The Labute approximate surface area is 123 Å². The van der Waals surface area contributed by atoms with Crippen molar-refractivity contribution in [2.75, 3.05) is 0 Å². The summed E-state index contributed by atoms with van der Waals surface area (Å²) in [5.41, 5.74) is 0.233. The Kier molecular flexibility index (Phi) is 3.52. The average Bonchev–Trinajstić information content (AvgIpc) is 2.89. The highest BCUT2D eigenvalue weighted by molar-refractivity contribution is 5.80. The molecular weight excluding hydrogens is 298 g/mol. The number of H-pyrrole nitrogens is 1. The number of rotatable bonds is 3. The van der Waals surface area contributed by atoms with Crippen LogP contribution in [0.4, 0.5) is 17.6 Å². The Morgan fingerprint density at radius 2 is 1.77 bits per heavy atom. The zero-order valence-electron chi connectivity index (χ0n) is 11.2. The molecule has 0 aliphatic rings. The maximum Gasteiger partial charge on any atom is 0.419 e. The van der Waals surface area contributed by atoms with E-state index in [1.165, 1.54) is 30.3 Å². The maximum atomic E-state index is 13.6. The molecule has 0 fully saturated rings. The molecule has 0 aliphatic heterocycles. The Balaban J connectivity index is 1.84. The molecule has 6 heteroatoms. The predicted octanol–water partition coefficient (Wildman–Crippen LogP) is 4.90. The quantitative estimate of drug-likeness (QED) is 0.684. The minimum Gasteiger partial charge on any atom is -0.487 e. The minimum absolute atomic E-state index is 0.110. The summed E-state index contributed by atoms with van der Waals surface area (Å²) < 4.78 is 57.4. The average molecular weight is 309 g/mol. The van der Waals surface area contributed by atoms with Crippen LogP contribution in [0.5, 0.6) is 5.75 Å². The molecule has 22 heavy (non-hydrogen) atoms. The minimum atomic E-state index is -4.48. The lowest BCUT2D eigenvalue weighted by molar-refractivity contribution is -0.139. The largest absolute Gasteiger partial charge is 0.487 e. The normalized spacial score (nSPS) is 11.8. The van der Waals surface area contributed by atoms with Crippen LogP contribution in [0.3, 0.4) is 0 Å². The van der Waals surface area contributed by atoms with Gasteiger partial charge < -0.3 is 9.72 Å². The lowest BCUT2D eigenvalue weighted by Crippen LogP contribution is -2.08. The number of aromatic nitrogens is 1. The van der Waals surface area contributed by atoms with Crippen molar-refractivity contribution in [3.63, 3.8) is 0 Å². The van der Waals surface area contributed by atoms with Gasteiger partial charge >= 0.3 is 6.18 Å². The van der Waals surface area contributed by atoms with Crippen LogP contribution in [0.1, 0.15) is 11.3 Å². The van der Waals surface area contributed by atoms with Crippen LogP contribution < -0.4 is 4.74 Å². The van der Waals surface area contributed by atoms with Crippen LogP contribution >= 0.6 is 0 Å². The number of ether oxygens (including phenoxy) is 1. The smallest absolute Gasteiger partial charge is 0.419 e. The highest BCUT2D eigenvalue weighted by atomic mass is 19.4. The highest BCUT2D eigenvalue weighted by Crippen LogP contribution is 2.36.